The summed E-state index contributed by atoms with van der Waals surface area (Å²) in [4.78, 5) is 6.55. The number of hydrogen-bond acceptors (Lipinski definition) is 4. The number of rotatable bonds is 3. The maximum absolute atomic E-state index is 8.64. The van der Waals surface area contributed by atoms with Gasteiger partial charge in [0.05, 0.1) is 12.6 Å². The van der Waals surface area contributed by atoms with Gasteiger partial charge in [-0.15, -0.1) is 0 Å². The Hall–Kier alpha value is -1.60. The van der Waals surface area contributed by atoms with Crippen LogP contribution in [0, 0.1) is 18.3 Å². The van der Waals surface area contributed by atoms with Crippen LogP contribution in [-0.2, 0) is 0 Å². The number of pyridine rings is 1. The maximum Gasteiger partial charge on any atom is 0.129 e. The van der Waals surface area contributed by atoms with E-state index in [4.69, 9.17) is 5.26 Å². The molecule has 0 unspecified atom stereocenters. The molecule has 0 radical (unpaired) electrons. The molecule has 0 atom stereocenters. The maximum atomic E-state index is 8.64. The van der Waals surface area contributed by atoms with Gasteiger partial charge in [-0.05, 0) is 31.4 Å². The zero-order valence-electron chi connectivity index (χ0n) is 10.2. The Morgan fingerprint density at radius 3 is 2.94 bits per heavy atom. The summed E-state index contributed by atoms with van der Waals surface area (Å²) in [5.74, 6) is 0.992. The van der Waals surface area contributed by atoms with Gasteiger partial charge in [-0.3, -0.25) is 4.90 Å². The molecule has 0 bridgehead atoms. The van der Waals surface area contributed by atoms with Gasteiger partial charge in [0.15, 0.2) is 0 Å². The first-order valence-electron chi connectivity index (χ1n) is 6.07. The molecule has 0 aromatic carbocycles. The second-order valence-corrected chi connectivity index (χ2v) is 4.52. The quantitative estimate of drug-likeness (QED) is 0.804. The molecule has 1 N–H and O–H groups in total. The van der Waals surface area contributed by atoms with E-state index < -0.39 is 0 Å². The van der Waals surface area contributed by atoms with Gasteiger partial charge in [0.25, 0.3) is 0 Å². The summed E-state index contributed by atoms with van der Waals surface area (Å²) < 4.78 is 0. The highest BCUT2D eigenvalue weighted by molar-refractivity contribution is 5.43. The van der Waals surface area contributed by atoms with Gasteiger partial charge in [0.2, 0.25) is 0 Å². The van der Waals surface area contributed by atoms with Gasteiger partial charge in [0, 0.05) is 25.3 Å². The highest BCUT2D eigenvalue weighted by Crippen LogP contribution is 2.17. The summed E-state index contributed by atoms with van der Waals surface area (Å²) >= 11 is 0. The number of anilines is 1. The fourth-order valence-electron chi connectivity index (χ4n) is 2.17. The summed E-state index contributed by atoms with van der Waals surface area (Å²) in [5, 5.41) is 12.1. The second kappa shape index (κ2) is 5.65. The van der Waals surface area contributed by atoms with Crippen molar-refractivity contribution in [3.05, 3.63) is 23.9 Å². The van der Waals surface area contributed by atoms with E-state index in [1.54, 1.807) is 0 Å². The van der Waals surface area contributed by atoms with Gasteiger partial charge in [-0.2, -0.15) is 5.26 Å². The lowest BCUT2D eigenvalue weighted by molar-refractivity contribution is 0.242. The molecule has 4 heteroatoms. The van der Waals surface area contributed by atoms with E-state index >= 15 is 0 Å². The third-order valence-electron chi connectivity index (χ3n) is 3.23. The van der Waals surface area contributed by atoms with Crippen molar-refractivity contribution in [3.8, 4) is 6.07 Å². The van der Waals surface area contributed by atoms with E-state index in [1.165, 1.54) is 5.56 Å². The van der Waals surface area contributed by atoms with Crippen molar-refractivity contribution in [2.45, 2.75) is 25.8 Å². The molecule has 1 saturated heterocycles. The fourth-order valence-corrected chi connectivity index (χ4v) is 2.17. The molecule has 1 aromatic heterocycles. The average Bonchev–Trinajstić information content (AvgIpc) is 2.35. The lowest BCUT2D eigenvalue weighted by Crippen LogP contribution is -2.39. The first kappa shape index (κ1) is 11.9. The summed E-state index contributed by atoms with van der Waals surface area (Å²) in [5.41, 5.74) is 1.19. The van der Waals surface area contributed by atoms with E-state index in [-0.39, 0.29) is 0 Å². The second-order valence-electron chi connectivity index (χ2n) is 4.52. The van der Waals surface area contributed by atoms with Crippen LogP contribution in [0.2, 0.25) is 0 Å². The summed E-state index contributed by atoms with van der Waals surface area (Å²) in [6.07, 6.45) is 3.98. The Kier molecular flexibility index (Phi) is 3.94. The average molecular weight is 230 g/mol. The number of likely N-dealkylation sites (tertiary alicyclic amines) is 1. The molecule has 0 spiro atoms. The lowest BCUT2D eigenvalue weighted by Gasteiger charge is -2.31. The Labute approximate surface area is 102 Å². The molecule has 2 heterocycles. The predicted octanol–water partition coefficient (Wildman–Crippen LogP) is 1.79. The Morgan fingerprint density at radius 2 is 2.29 bits per heavy atom. The number of hydrogen-bond donors (Lipinski definition) is 1. The van der Waals surface area contributed by atoms with Crippen LogP contribution in [0.5, 0.6) is 0 Å². The van der Waals surface area contributed by atoms with E-state index in [9.17, 15) is 0 Å². The Morgan fingerprint density at radius 1 is 1.53 bits per heavy atom. The first-order valence-corrected chi connectivity index (χ1v) is 6.07. The first-order chi connectivity index (χ1) is 8.29. The number of piperidine rings is 1. The third-order valence-corrected chi connectivity index (χ3v) is 3.23. The van der Waals surface area contributed by atoms with E-state index in [0.717, 1.165) is 31.7 Å². The number of aryl methyl sites for hydroxylation is 1. The molecule has 0 aliphatic carbocycles. The van der Waals surface area contributed by atoms with Crippen molar-refractivity contribution in [2.24, 2.45) is 0 Å². The van der Waals surface area contributed by atoms with Crippen LogP contribution in [0.1, 0.15) is 18.4 Å². The molecule has 0 saturated carbocycles. The van der Waals surface area contributed by atoms with Gasteiger partial charge >= 0.3 is 0 Å². The molecule has 1 fully saturated rings. The zero-order valence-corrected chi connectivity index (χ0v) is 10.2. The minimum Gasteiger partial charge on any atom is -0.367 e. The fraction of sp³-hybridized carbons (Fsp3) is 0.538. The standard InChI is InChI=1S/C13H18N4/c1-11-3-2-7-15-13(11)16-12-4-8-17(9-5-12)10-6-14/h2-3,7,12H,4-5,8-10H2,1H3,(H,15,16). The van der Waals surface area contributed by atoms with Crippen LogP contribution >= 0.6 is 0 Å². The Balaban J connectivity index is 1.86. The van der Waals surface area contributed by atoms with E-state index in [2.05, 4.69) is 34.3 Å². The largest absolute Gasteiger partial charge is 0.367 e. The topological polar surface area (TPSA) is 52.0 Å². The number of aromatic nitrogens is 1. The minimum absolute atomic E-state index is 0.485. The monoisotopic (exact) mass is 230 g/mol. The van der Waals surface area contributed by atoms with Crippen LogP contribution in [0.25, 0.3) is 0 Å². The number of nitriles is 1. The predicted molar refractivity (Wildman–Crippen MR) is 67.7 cm³/mol. The minimum atomic E-state index is 0.485. The molecule has 17 heavy (non-hydrogen) atoms. The van der Waals surface area contributed by atoms with Crippen LogP contribution in [-0.4, -0.2) is 35.6 Å². The molecule has 1 aliphatic rings. The van der Waals surface area contributed by atoms with Crippen molar-refractivity contribution >= 4 is 5.82 Å². The molecule has 1 aliphatic heterocycles. The highest BCUT2D eigenvalue weighted by atomic mass is 15.1. The molecule has 90 valence electrons. The summed E-state index contributed by atoms with van der Waals surface area (Å²) in [6, 6.07) is 6.71. The van der Waals surface area contributed by atoms with Crippen molar-refractivity contribution < 1.29 is 0 Å². The van der Waals surface area contributed by atoms with Crippen molar-refractivity contribution in [3.63, 3.8) is 0 Å². The molecule has 4 nitrogen and oxygen atoms in total. The molecule has 1 aromatic rings. The summed E-state index contributed by atoms with van der Waals surface area (Å²) in [6.45, 7) is 4.61. The SMILES string of the molecule is Cc1cccnc1NC1CCN(CC#N)CC1. The van der Waals surface area contributed by atoms with Crippen molar-refractivity contribution in [1.82, 2.24) is 9.88 Å². The molecule has 0 amide bonds. The lowest BCUT2D eigenvalue weighted by atomic mass is 10.0. The zero-order chi connectivity index (χ0) is 12.1. The van der Waals surface area contributed by atoms with Gasteiger partial charge in [-0.1, -0.05) is 6.07 Å². The molecular weight excluding hydrogens is 212 g/mol. The van der Waals surface area contributed by atoms with Crippen molar-refractivity contribution in [2.75, 3.05) is 25.0 Å². The third kappa shape index (κ3) is 3.18. The van der Waals surface area contributed by atoms with Gasteiger partial charge in [-0.25, -0.2) is 4.98 Å². The van der Waals surface area contributed by atoms with Crippen LogP contribution in [0.15, 0.2) is 18.3 Å². The van der Waals surface area contributed by atoms with E-state index in [0.29, 0.717) is 12.6 Å². The van der Waals surface area contributed by atoms with Crippen molar-refractivity contribution in [1.29, 1.82) is 5.26 Å². The van der Waals surface area contributed by atoms with Gasteiger partial charge in [0.1, 0.15) is 5.82 Å². The van der Waals surface area contributed by atoms with Crippen LogP contribution in [0.3, 0.4) is 0 Å². The van der Waals surface area contributed by atoms with E-state index in [1.807, 2.05) is 12.3 Å². The highest BCUT2D eigenvalue weighted by Gasteiger charge is 2.19. The normalized spacial score (nSPS) is 17.6. The Bertz CT molecular complexity index is 402. The number of nitrogens with one attached hydrogen (secondary N) is 1. The smallest absolute Gasteiger partial charge is 0.129 e. The van der Waals surface area contributed by atoms with Crippen LogP contribution in [0.4, 0.5) is 5.82 Å². The van der Waals surface area contributed by atoms with Gasteiger partial charge < -0.3 is 5.32 Å². The molecular formula is C13H18N4. The van der Waals surface area contributed by atoms with Crippen LogP contribution < -0.4 is 5.32 Å². The molecule has 2 rings (SSSR count). The number of nitrogens with zero attached hydrogens (tertiary/aromatic N) is 3. The summed E-state index contributed by atoms with van der Waals surface area (Å²) in [7, 11) is 0.